The molecule has 128 valence electrons. The predicted octanol–water partition coefficient (Wildman–Crippen LogP) is 1.66. The number of hydrogen-bond donors (Lipinski definition) is 1. The zero-order valence-electron chi connectivity index (χ0n) is 13.3. The Bertz CT molecular complexity index is 654. The second-order valence-corrected chi connectivity index (χ2v) is 6.99. The van der Waals surface area contributed by atoms with Gasteiger partial charge in [0.2, 0.25) is 5.91 Å². The maximum absolute atomic E-state index is 12.9. The van der Waals surface area contributed by atoms with Crippen LogP contribution in [-0.4, -0.2) is 47.1 Å². The molecule has 2 heterocycles. The Hall–Kier alpha value is -2.15. The van der Waals surface area contributed by atoms with Crippen LogP contribution in [0, 0.1) is 11.7 Å². The van der Waals surface area contributed by atoms with Crippen LogP contribution >= 0.6 is 0 Å². The van der Waals surface area contributed by atoms with Gasteiger partial charge in [0.1, 0.15) is 11.4 Å². The quantitative estimate of drug-likeness (QED) is 0.912. The summed E-state index contributed by atoms with van der Waals surface area (Å²) < 4.78 is 12.9. The van der Waals surface area contributed by atoms with Gasteiger partial charge in [0.25, 0.3) is 0 Å². The van der Waals surface area contributed by atoms with Crippen LogP contribution < -0.4 is 5.32 Å². The number of urea groups is 1. The minimum Gasteiger partial charge on any atom is -0.334 e. The van der Waals surface area contributed by atoms with E-state index in [9.17, 15) is 14.0 Å². The van der Waals surface area contributed by atoms with Gasteiger partial charge in [-0.15, -0.1) is 0 Å². The molecule has 1 saturated carbocycles. The molecule has 1 aliphatic carbocycles. The fraction of sp³-hybridized carbons (Fsp3) is 0.529. The maximum atomic E-state index is 12.9. The summed E-state index contributed by atoms with van der Waals surface area (Å²) in [5.74, 6) is 0.307. The van der Waals surface area contributed by atoms with Gasteiger partial charge in [-0.05, 0) is 36.5 Å². The van der Waals surface area contributed by atoms with Gasteiger partial charge in [-0.2, -0.15) is 0 Å². The Morgan fingerprint density at radius 1 is 1.29 bits per heavy atom. The highest BCUT2D eigenvalue weighted by Gasteiger charge is 2.55. The normalized spacial score (nSPS) is 22.0. The lowest BCUT2D eigenvalue weighted by Crippen LogP contribution is -2.65. The van der Waals surface area contributed by atoms with Crippen molar-refractivity contribution < 1.29 is 18.8 Å². The van der Waals surface area contributed by atoms with Crippen LogP contribution in [-0.2, 0) is 16.2 Å². The van der Waals surface area contributed by atoms with Crippen LogP contribution in [0.2, 0.25) is 0 Å². The molecule has 1 aromatic rings. The van der Waals surface area contributed by atoms with Gasteiger partial charge in [0.15, 0.2) is 0 Å². The summed E-state index contributed by atoms with van der Waals surface area (Å²) in [6, 6.07) is 5.82. The second-order valence-electron chi connectivity index (χ2n) is 6.99. The van der Waals surface area contributed by atoms with E-state index >= 15 is 0 Å². The van der Waals surface area contributed by atoms with Crippen molar-refractivity contribution in [2.45, 2.75) is 31.4 Å². The SMILES string of the molecule is O=C(NCc1ccc(F)cc1)N1CC2(CC(=O)N(CC3CC3)O2)C1. The van der Waals surface area contributed by atoms with E-state index in [0.29, 0.717) is 38.5 Å². The average molecular weight is 333 g/mol. The van der Waals surface area contributed by atoms with Crippen LogP contribution in [0.4, 0.5) is 9.18 Å². The topological polar surface area (TPSA) is 61.9 Å². The molecule has 0 atom stereocenters. The molecule has 2 aliphatic heterocycles. The number of carbonyl (C=O) groups excluding carboxylic acids is 2. The fourth-order valence-corrected chi connectivity index (χ4v) is 3.21. The summed E-state index contributed by atoms with van der Waals surface area (Å²) in [5, 5.41) is 4.29. The summed E-state index contributed by atoms with van der Waals surface area (Å²) in [5.41, 5.74) is 0.307. The number of benzene rings is 1. The number of hydrogen-bond acceptors (Lipinski definition) is 3. The molecule has 0 radical (unpaired) electrons. The first-order chi connectivity index (χ1) is 11.5. The first kappa shape index (κ1) is 15.4. The molecule has 1 N–H and O–H groups in total. The van der Waals surface area contributed by atoms with Gasteiger partial charge in [-0.25, -0.2) is 14.2 Å². The molecule has 2 saturated heterocycles. The smallest absolute Gasteiger partial charge is 0.317 e. The molecule has 6 nitrogen and oxygen atoms in total. The van der Waals surface area contributed by atoms with Gasteiger partial charge in [-0.3, -0.25) is 9.63 Å². The van der Waals surface area contributed by atoms with E-state index in [1.807, 2.05) is 0 Å². The van der Waals surface area contributed by atoms with Crippen molar-refractivity contribution in [3.63, 3.8) is 0 Å². The van der Waals surface area contributed by atoms with Crippen LogP contribution in [0.5, 0.6) is 0 Å². The molecule has 0 aromatic heterocycles. The number of amides is 3. The van der Waals surface area contributed by atoms with Crippen LogP contribution in [0.3, 0.4) is 0 Å². The van der Waals surface area contributed by atoms with E-state index in [1.165, 1.54) is 17.2 Å². The molecule has 3 fully saturated rings. The standard InChI is InChI=1S/C17H20FN3O3/c18-14-5-3-12(4-6-14)8-19-16(23)20-10-17(11-20)7-15(22)21(24-17)9-13-1-2-13/h3-6,13H,1-2,7-11H2,(H,19,23). The highest BCUT2D eigenvalue weighted by atomic mass is 19.1. The predicted molar refractivity (Wildman–Crippen MR) is 83.1 cm³/mol. The number of hydroxylamine groups is 2. The van der Waals surface area contributed by atoms with Crippen molar-refractivity contribution in [1.29, 1.82) is 0 Å². The number of nitrogens with one attached hydrogen (secondary N) is 1. The fourth-order valence-electron chi connectivity index (χ4n) is 3.21. The molecular weight excluding hydrogens is 313 g/mol. The highest BCUT2D eigenvalue weighted by molar-refractivity contribution is 5.80. The third kappa shape index (κ3) is 3.08. The van der Waals surface area contributed by atoms with Crippen molar-refractivity contribution in [3.8, 4) is 0 Å². The van der Waals surface area contributed by atoms with E-state index in [4.69, 9.17) is 4.84 Å². The maximum Gasteiger partial charge on any atom is 0.317 e. The number of rotatable bonds is 4. The minimum atomic E-state index is -0.529. The Morgan fingerprint density at radius 2 is 2.00 bits per heavy atom. The monoisotopic (exact) mass is 333 g/mol. The summed E-state index contributed by atoms with van der Waals surface area (Å²) in [6.45, 7) is 1.87. The molecule has 7 heteroatoms. The Labute approximate surface area is 139 Å². The molecule has 0 bridgehead atoms. The van der Waals surface area contributed by atoms with E-state index in [1.54, 1.807) is 17.0 Å². The largest absolute Gasteiger partial charge is 0.334 e. The lowest BCUT2D eigenvalue weighted by Gasteiger charge is -2.45. The zero-order valence-corrected chi connectivity index (χ0v) is 13.3. The van der Waals surface area contributed by atoms with Gasteiger partial charge in [-0.1, -0.05) is 12.1 Å². The number of nitrogens with zero attached hydrogens (tertiary/aromatic N) is 2. The van der Waals surface area contributed by atoms with Gasteiger partial charge in [0, 0.05) is 6.54 Å². The van der Waals surface area contributed by atoms with Gasteiger partial charge in [0.05, 0.1) is 26.1 Å². The van der Waals surface area contributed by atoms with E-state index < -0.39 is 5.60 Å². The molecule has 3 amide bonds. The second kappa shape index (κ2) is 5.73. The Morgan fingerprint density at radius 3 is 2.67 bits per heavy atom. The Balaban J connectivity index is 1.25. The molecule has 3 aliphatic rings. The number of likely N-dealkylation sites (tertiary alicyclic amines) is 1. The van der Waals surface area contributed by atoms with Crippen molar-refractivity contribution in [2.75, 3.05) is 19.6 Å². The zero-order chi connectivity index (χ0) is 16.7. The van der Waals surface area contributed by atoms with Crippen molar-refractivity contribution >= 4 is 11.9 Å². The minimum absolute atomic E-state index is 0.0215. The molecule has 1 aromatic carbocycles. The lowest BCUT2D eigenvalue weighted by molar-refractivity contribution is -0.229. The molecule has 24 heavy (non-hydrogen) atoms. The highest BCUT2D eigenvalue weighted by Crippen LogP contribution is 2.38. The van der Waals surface area contributed by atoms with Crippen LogP contribution in [0.1, 0.15) is 24.8 Å². The third-order valence-electron chi connectivity index (χ3n) is 4.78. The van der Waals surface area contributed by atoms with Crippen molar-refractivity contribution in [1.82, 2.24) is 15.3 Å². The summed E-state index contributed by atoms with van der Waals surface area (Å²) in [6.07, 6.45) is 2.68. The lowest BCUT2D eigenvalue weighted by atomic mass is 9.91. The molecular formula is C17H20FN3O3. The summed E-state index contributed by atoms with van der Waals surface area (Å²) >= 11 is 0. The first-order valence-corrected chi connectivity index (χ1v) is 8.30. The van der Waals surface area contributed by atoms with E-state index in [2.05, 4.69) is 5.32 Å². The van der Waals surface area contributed by atoms with E-state index in [-0.39, 0.29) is 17.8 Å². The first-order valence-electron chi connectivity index (χ1n) is 8.30. The van der Waals surface area contributed by atoms with Crippen molar-refractivity contribution in [2.24, 2.45) is 5.92 Å². The van der Waals surface area contributed by atoms with Crippen LogP contribution in [0.25, 0.3) is 0 Å². The van der Waals surface area contributed by atoms with Gasteiger partial charge < -0.3 is 10.2 Å². The molecule has 4 rings (SSSR count). The molecule has 0 unspecified atom stereocenters. The van der Waals surface area contributed by atoms with E-state index in [0.717, 1.165) is 18.4 Å². The average Bonchev–Trinajstić information content (AvgIpc) is 3.28. The third-order valence-corrected chi connectivity index (χ3v) is 4.78. The van der Waals surface area contributed by atoms with Crippen LogP contribution in [0.15, 0.2) is 24.3 Å². The number of halogens is 1. The Kier molecular flexibility index (Phi) is 3.68. The summed E-state index contributed by atoms with van der Waals surface area (Å²) in [4.78, 5) is 31.6. The summed E-state index contributed by atoms with van der Waals surface area (Å²) in [7, 11) is 0. The van der Waals surface area contributed by atoms with Crippen molar-refractivity contribution in [3.05, 3.63) is 35.6 Å². The van der Waals surface area contributed by atoms with Gasteiger partial charge >= 0.3 is 6.03 Å². The molecule has 1 spiro atoms. The number of carbonyl (C=O) groups is 2.